The third-order valence-corrected chi connectivity index (χ3v) is 6.09. The van der Waals surface area contributed by atoms with Gasteiger partial charge in [-0.3, -0.25) is 9.78 Å². The highest BCUT2D eigenvalue weighted by Crippen LogP contribution is 2.31. The van der Waals surface area contributed by atoms with Crippen LogP contribution < -0.4 is 0 Å². The van der Waals surface area contributed by atoms with E-state index in [2.05, 4.69) is 42.0 Å². The standard InChI is InChI=1S/C23H24ClN3O/c1-15-8-9-19-11-20(22(24)26-21(19)16(15)2)14-27(23(28)18-6-3-7-18)13-17-5-4-10-25-12-17/h4-5,8-12,18H,3,6-7,13-14H2,1-2H3. The second-order valence-electron chi connectivity index (χ2n) is 7.70. The van der Waals surface area contributed by atoms with Crippen LogP contribution in [0.2, 0.25) is 5.15 Å². The minimum Gasteiger partial charge on any atom is -0.334 e. The summed E-state index contributed by atoms with van der Waals surface area (Å²) < 4.78 is 0. The van der Waals surface area contributed by atoms with E-state index < -0.39 is 0 Å². The van der Waals surface area contributed by atoms with E-state index in [0.29, 0.717) is 18.2 Å². The molecule has 0 N–H and O–H groups in total. The van der Waals surface area contributed by atoms with Crippen LogP contribution in [0.3, 0.4) is 0 Å². The SMILES string of the molecule is Cc1ccc2cc(CN(Cc3cccnc3)C(=O)C3CCC3)c(Cl)nc2c1C. The molecule has 4 rings (SSSR count). The Bertz CT molecular complexity index is 1020. The van der Waals surface area contributed by atoms with Crippen molar-refractivity contribution in [2.75, 3.05) is 0 Å². The first kappa shape index (κ1) is 18.9. The largest absolute Gasteiger partial charge is 0.334 e. The van der Waals surface area contributed by atoms with Crippen LogP contribution in [-0.4, -0.2) is 20.8 Å². The van der Waals surface area contributed by atoms with Gasteiger partial charge in [-0.2, -0.15) is 0 Å². The number of rotatable bonds is 5. The van der Waals surface area contributed by atoms with E-state index >= 15 is 0 Å². The van der Waals surface area contributed by atoms with E-state index in [1.807, 2.05) is 23.2 Å². The summed E-state index contributed by atoms with van der Waals surface area (Å²) in [5.74, 6) is 0.333. The normalized spacial score (nSPS) is 14.1. The quantitative estimate of drug-likeness (QED) is 0.557. The van der Waals surface area contributed by atoms with Gasteiger partial charge in [0.2, 0.25) is 5.91 Å². The second kappa shape index (κ2) is 7.88. The summed E-state index contributed by atoms with van der Waals surface area (Å²) in [6, 6.07) is 10.1. The maximum Gasteiger partial charge on any atom is 0.226 e. The number of carbonyl (C=O) groups excluding carboxylic acids is 1. The third-order valence-electron chi connectivity index (χ3n) is 5.76. The van der Waals surface area contributed by atoms with Crippen molar-refractivity contribution in [3.05, 3.63) is 70.1 Å². The van der Waals surface area contributed by atoms with Gasteiger partial charge < -0.3 is 4.90 Å². The Labute approximate surface area is 170 Å². The molecule has 0 unspecified atom stereocenters. The molecule has 0 aliphatic heterocycles. The molecular formula is C23H24ClN3O. The first-order chi connectivity index (χ1) is 13.5. The fraction of sp³-hybridized carbons (Fsp3) is 0.348. The minimum atomic E-state index is 0.133. The lowest BCUT2D eigenvalue weighted by Gasteiger charge is -2.32. The summed E-state index contributed by atoms with van der Waals surface area (Å²) in [5, 5.41) is 1.53. The molecule has 4 nitrogen and oxygen atoms in total. The zero-order valence-electron chi connectivity index (χ0n) is 16.3. The topological polar surface area (TPSA) is 46.1 Å². The van der Waals surface area contributed by atoms with Crippen LogP contribution in [0, 0.1) is 19.8 Å². The number of halogens is 1. The van der Waals surface area contributed by atoms with Crippen LogP contribution >= 0.6 is 11.6 Å². The highest BCUT2D eigenvalue weighted by atomic mass is 35.5. The number of hydrogen-bond donors (Lipinski definition) is 0. The summed E-state index contributed by atoms with van der Waals surface area (Å²) in [6.07, 6.45) is 6.65. The fourth-order valence-corrected chi connectivity index (χ4v) is 3.86. The molecule has 0 radical (unpaired) electrons. The molecule has 1 aliphatic rings. The first-order valence-electron chi connectivity index (χ1n) is 9.76. The van der Waals surface area contributed by atoms with Crippen LogP contribution in [0.4, 0.5) is 0 Å². The van der Waals surface area contributed by atoms with Gasteiger partial charge in [-0.15, -0.1) is 0 Å². The summed E-state index contributed by atoms with van der Waals surface area (Å²) in [5.41, 5.74) is 5.17. The van der Waals surface area contributed by atoms with Gasteiger partial charge >= 0.3 is 0 Å². The number of nitrogens with zero attached hydrogens (tertiary/aromatic N) is 3. The van der Waals surface area contributed by atoms with Crippen LogP contribution in [0.5, 0.6) is 0 Å². The summed E-state index contributed by atoms with van der Waals surface area (Å²) in [7, 11) is 0. The molecule has 1 saturated carbocycles. The van der Waals surface area contributed by atoms with E-state index in [9.17, 15) is 4.79 Å². The molecule has 0 atom stereocenters. The number of hydrogen-bond acceptors (Lipinski definition) is 3. The number of pyridine rings is 2. The van der Waals surface area contributed by atoms with Crippen LogP contribution in [-0.2, 0) is 17.9 Å². The summed E-state index contributed by atoms with van der Waals surface area (Å²) in [4.78, 5) is 23.8. The van der Waals surface area contributed by atoms with E-state index in [0.717, 1.165) is 46.9 Å². The molecule has 0 bridgehead atoms. The van der Waals surface area contributed by atoms with Crippen molar-refractivity contribution in [2.24, 2.45) is 5.92 Å². The highest BCUT2D eigenvalue weighted by Gasteiger charge is 2.30. The molecule has 28 heavy (non-hydrogen) atoms. The number of aromatic nitrogens is 2. The van der Waals surface area contributed by atoms with Crippen molar-refractivity contribution in [1.82, 2.24) is 14.9 Å². The Morgan fingerprint density at radius 3 is 2.71 bits per heavy atom. The van der Waals surface area contributed by atoms with Gasteiger partial charge in [-0.1, -0.05) is 36.2 Å². The average molecular weight is 394 g/mol. The Kier molecular flexibility index (Phi) is 5.31. The fourth-order valence-electron chi connectivity index (χ4n) is 3.66. The molecule has 1 amide bonds. The van der Waals surface area contributed by atoms with Crippen molar-refractivity contribution in [3.8, 4) is 0 Å². The number of aryl methyl sites for hydroxylation is 2. The van der Waals surface area contributed by atoms with Crippen molar-refractivity contribution in [3.63, 3.8) is 0 Å². The Balaban J connectivity index is 1.66. The van der Waals surface area contributed by atoms with Crippen molar-refractivity contribution in [1.29, 1.82) is 0 Å². The maximum absolute atomic E-state index is 13.0. The molecule has 2 heterocycles. The molecule has 2 aromatic heterocycles. The summed E-state index contributed by atoms with van der Waals surface area (Å²) >= 11 is 6.55. The first-order valence-corrected chi connectivity index (χ1v) is 10.1. The molecule has 1 fully saturated rings. The van der Waals surface area contributed by atoms with E-state index in [-0.39, 0.29) is 11.8 Å². The van der Waals surface area contributed by atoms with Crippen LogP contribution in [0.1, 0.15) is 41.5 Å². The van der Waals surface area contributed by atoms with Gasteiger partial charge in [0.25, 0.3) is 0 Å². The number of carbonyl (C=O) groups is 1. The predicted molar refractivity (Wildman–Crippen MR) is 112 cm³/mol. The predicted octanol–water partition coefficient (Wildman–Crippen LogP) is 5.23. The molecule has 5 heteroatoms. The molecule has 1 aromatic carbocycles. The summed E-state index contributed by atoms with van der Waals surface area (Å²) in [6.45, 7) is 5.13. The van der Waals surface area contributed by atoms with Gasteiger partial charge in [0.1, 0.15) is 5.15 Å². The van der Waals surface area contributed by atoms with Gasteiger partial charge in [0.15, 0.2) is 0 Å². The lowest BCUT2D eigenvalue weighted by Crippen LogP contribution is -2.38. The smallest absolute Gasteiger partial charge is 0.226 e. The molecule has 144 valence electrons. The lowest BCUT2D eigenvalue weighted by atomic mass is 9.84. The Morgan fingerprint density at radius 2 is 2.04 bits per heavy atom. The monoisotopic (exact) mass is 393 g/mol. The molecule has 0 spiro atoms. The molecule has 0 saturated heterocycles. The zero-order chi connectivity index (χ0) is 19.7. The van der Waals surface area contributed by atoms with Crippen LogP contribution in [0.25, 0.3) is 10.9 Å². The van der Waals surface area contributed by atoms with E-state index in [4.69, 9.17) is 11.6 Å². The van der Waals surface area contributed by atoms with Crippen molar-refractivity contribution < 1.29 is 4.79 Å². The number of amides is 1. The average Bonchev–Trinajstić information content (AvgIpc) is 2.65. The highest BCUT2D eigenvalue weighted by molar-refractivity contribution is 6.30. The Morgan fingerprint density at radius 1 is 1.21 bits per heavy atom. The van der Waals surface area contributed by atoms with E-state index in [1.165, 1.54) is 5.56 Å². The lowest BCUT2D eigenvalue weighted by molar-refractivity contribution is -0.139. The zero-order valence-corrected chi connectivity index (χ0v) is 17.0. The minimum absolute atomic E-state index is 0.133. The number of benzene rings is 1. The number of fused-ring (bicyclic) bond motifs is 1. The Hall–Kier alpha value is -2.46. The molecule has 3 aromatic rings. The van der Waals surface area contributed by atoms with Crippen molar-refractivity contribution >= 4 is 28.4 Å². The van der Waals surface area contributed by atoms with Gasteiger partial charge in [-0.25, -0.2) is 4.98 Å². The van der Waals surface area contributed by atoms with Crippen molar-refractivity contribution in [2.45, 2.75) is 46.2 Å². The third kappa shape index (κ3) is 3.74. The molecular weight excluding hydrogens is 370 g/mol. The molecule has 1 aliphatic carbocycles. The van der Waals surface area contributed by atoms with Crippen LogP contribution in [0.15, 0.2) is 42.7 Å². The van der Waals surface area contributed by atoms with Gasteiger partial charge in [-0.05, 0) is 55.5 Å². The maximum atomic E-state index is 13.0. The van der Waals surface area contributed by atoms with Gasteiger partial charge in [0.05, 0.1) is 5.52 Å². The van der Waals surface area contributed by atoms with E-state index in [1.54, 1.807) is 6.20 Å². The second-order valence-corrected chi connectivity index (χ2v) is 8.06. The van der Waals surface area contributed by atoms with Gasteiger partial charge in [0, 0.05) is 42.4 Å².